The van der Waals surface area contributed by atoms with Gasteiger partial charge in [-0.3, -0.25) is 0 Å². The molecule has 0 fully saturated rings. The Bertz CT molecular complexity index is 685. The number of hydrogen-bond donors (Lipinski definition) is 2. The molecule has 0 unspecified atom stereocenters. The molecule has 0 aliphatic heterocycles. The molecule has 22 heavy (non-hydrogen) atoms. The van der Waals surface area contributed by atoms with E-state index >= 15 is 0 Å². The lowest BCUT2D eigenvalue weighted by atomic mass is 10.1. The number of aromatic hydroxyl groups is 1. The van der Waals surface area contributed by atoms with E-state index in [1.807, 2.05) is 6.07 Å². The van der Waals surface area contributed by atoms with Crippen LogP contribution in [0.1, 0.15) is 0 Å². The molecule has 3 aromatic rings. The second-order valence-corrected chi connectivity index (χ2v) is 4.32. The third kappa shape index (κ3) is 5.00. The van der Waals surface area contributed by atoms with E-state index in [4.69, 9.17) is 0 Å². The number of phenols is 1. The van der Waals surface area contributed by atoms with Gasteiger partial charge in [-0.25, -0.2) is 8.78 Å². The molecule has 4 N–H and O–H groups in total. The molecule has 0 saturated carbocycles. The van der Waals surface area contributed by atoms with Gasteiger partial charge in [0.2, 0.25) is 0 Å². The van der Waals surface area contributed by atoms with Crippen LogP contribution >= 0.6 is 0 Å². The van der Waals surface area contributed by atoms with Gasteiger partial charge in [0.1, 0.15) is 17.4 Å². The molecule has 0 atom stereocenters. The summed E-state index contributed by atoms with van der Waals surface area (Å²) in [5.74, 6) is -0.245. The Labute approximate surface area is 128 Å². The van der Waals surface area contributed by atoms with E-state index in [2.05, 4.69) is 0 Å². The van der Waals surface area contributed by atoms with Gasteiger partial charge in [0.25, 0.3) is 0 Å². The molecule has 0 saturated heterocycles. The lowest BCUT2D eigenvalue weighted by Gasteiger charge is -2.03. The first-order valence-corrected chi connectivity index (χ1v) is 6.41. The molecule has 0 aliphatic rings. The first-order valence-electron chi connectivity index (χ1n) is 6.41. The summed E-state index contributed by atoms with van der Waals surface area (Å²) in [6.45, 7) is 0. The second-order valence-electron chi connectivity index (χ2n) is 4.32. The Morgan fingerprint density at radius 3 is 1.59 bits per heavy atom. The molecule has 0 heterocycles. The summed E-state index contributed by atoms with van der Waals surface area (Å²) < 4.78 is 24.5. The Kier molecular flexibility index (Phi) is 6.73. The maximum absolute atomic E-state index is 12.6. The predicted molar refractivity (Wildman–Crippen MR) is 84.9 cm³/mol. The van der Waals surface area contributed by atoms with Crippen molar-refractivity contribution >= 4 is 0 Å². The van der Waals surface area contributed by atoms with Gasteiger partial charge in [0, 0.05) is 5.56 Å². The molecule has 0 bridgehead atoms. The maximum Gasteiger partial charge on any atom is 0.123 e. The van der Waals surface area contributed by atoms with Gasteiger partial charge in [-0.1, -0.05) is 48.5 Å². The Morgan fingerprint density at radius 1 is 0.591 bits per heavy atom. The molecule has 0 amide bonds. The molecular formula is C18H17F2NO. The summed E-state index contributed by atoms with van der Waals surface area (Å²) in [6, 6.07) is 21.0. The van der Waals surface area contributed by atoms with Crippen LogP contribution in [0.15, 0.2) is 78.9 Å². The zero-order valence-corrected chi connectivity index (χ0v) is 11.9. The first-order chi connectivity index (χ1) is 10.2. The molecular weight excluding hydrogens is 284 g/mol. The summed E-state index contributed by atoms with van der Waals surface area (Å²) in [4.78, 5) is 0. The zero-order chi connectivity index (χ0) is 15.1. The minimum Gasteiger partial charge on any atom is -0.507 e. The summed E-state index contributed by atoms with van der Waals surface area (Å²) in [5.41, 5.74) is 1.53. The fourth-order valence-corrected chi connectivity index (χ4v) is 1.76. The molecule has 0 radical (unpaired) electrons. The van der Waals surface area contributed by atoms with E-state index in [0.29, 0.717) is 5.56 Å². The first kappa shape index (κ1) is 17.3. The van der Waals surface area contributed by atoms with E-state index in [1.165, 1.54) is 24.3 Å². The SMILES string of the molecule is Fc1ccccc1.N.Oc1ccccc1-c1ccc(F)cc1. The van der Waals surface area contributed by atoms with E-state index in [0.717, 1.165) is 5.56 Å². The number of halogens is 2. The average Bonchev–Trinajstić information content (AvgIpc) is 2.50. The summed E-state index contributed by atoms with van der Waals surface area (Å²) >= 11 is 0. The van der Waals surface area contributed by atoms with Crippen LogP contribution in [0.2, 0.25) is 0 Å². The highest BCUT2D eigenvalue weighted by molar-refractivity contribution is 5.69. The third-order valence-corrected chi connectivity index (χ3v) is 2.79. The minimum atomic E-state index is -0.274. The molecule has 0 aliphatic carbocycles. The van der Waals surface area contributed by atoms with Gasteiger partial charge >= 0.3 is 0 Å². The topological polar surface area (TPSA) is 55.2 Å². The number of rotatable bonds is 1. The van der Waals surface area contributed by atoms with Gasteiger partial charge in [0.15, 0.2) is 0 Å². The number of para-hydroxylation sites is 1. The molecule has 2 nitrogen and oxygen atoms in total. The fraction of sp³-hybridized carbons (Fsp3) is 0. The smallest absolute Gasteiger partial charge is 0.123 e. The highest BCUT2D eigenvalue weighted by Gasteiger charge is 2.02. The molecule has 3 aromatic carbocycles. The molecule has 114 valence electrons. The Hall–Kier alpha value is -2.72. The van der Waals surface area contributed by atoms with Crippen molar-refractivity contribution < 1.29 is 13.9 Å². The molecule has 3 rings (SSSR count). The van der Waals surface area contributed by atoms with Crippen LogP contribution in [0, 0.1) is 11.6 Å². The van der Waals surface area contributed by atoms with Crippen molar-refractivity contribution in [3.8, 4) is 16.9 Å². The van der Waals surface area contributed by atoms with Gasteiger partial charge in [-0.15, -0.1) is 0 Å². The van der Waals surface area contributed by atoms with Crippen LogP contribution < -0.4 is 6.15 Å². The summed E-state index contributed by atoms with van der Waals surface area (Å²) in [6.07, 6.45) is 0. The van der Waals surface area contributed by atoms with Crippen LogP contribution in [-0.2, 0) is 0 Å². The van der Waals surface area contributed by atoms with Crippen LogP contribution in [-0.4, -0.2) is 5.11 Å². The van der Waals surface area contributed by atoms with Crippen LogP contribution in [0.25, 0.3) is 11.1 Å². The van der Waals surface area contributed by atoms with Crippen molar-refractivity contribution in [3.05, 3.63) is 90.5 Å². The Morgan fingerprint density at radius 2 is 1.09 bits per heavy atom. The quantitative estimate of drug-likeness (QED) is 0.650. The number of hydrogen-bond acceptors (Lipinski definition) is 2. The van der Waals surface area contributed by atoms with Gasteiger partial charge in [0.05, 0.1) is 0 Å². The van der Waals surface area contributed by atoms with Crippen molar-refractivity contribution in [2.24, 2.45) is 0 Å². The van der Waals surface area contributed by atoms with Crippen LogP contribution in [0.3, 0.4) is 0 Å². The van der Waals surface area contributed by atoms with E-state index in [9.17, 15) is 13.9 Å². The normalized spacial score (nSPS) is 9.18. The number of benzene rings is 3. The average molecular weight is 301 g/mol. The van der Waals surface area contributed by atoms with Crippen LogP contribution in [0.4, 0.5) is 8.78 Å². The third-order valence-electron chi connectivity index (χ3n) is 2.79. The lowest BCUT2D eigenvalue weighted by Crippen LogP contribution is -1.79. The van der Waals surface area contributed by atoms with Crippen LogP contribution in [0.5, 0.6) is 5.75 Å². The fourth-order valence-electron chi connectivity index (χ4n) is 1.76. The van der Waals surface area contributed by atoms with Crippen molar-refractivity contribution in [3.63, 3.8) is 0 Å². The number of phenolic OH excluding ortho intramolecular Hbond substituents is 1. The van der Waals surface area contributed by atoms with Crippen molar-refractivity contribution in [1.29, 1.82) is 0 Å². The minimum absolute atomic E-state index is 0. The zero-order valence-electron chi connectivity index (χ0n) is 11.9. The lowest BCUT2D eigenvalue weighted by molar-refractivity contribution is 0.477. The van der Waals surface area contributed by atoms with Gasteiger partial charge < -0.3 is 11.3 Å². The summed E-state index contributed by atoms with van der Waals surface area (Å²) in [7, 11) is 0. The van der Waals surface area contributed by atoms with Gasteiger partial charge in [-0.05, 0) is 35.9 Å². The van der Waals surface area contributed by atoms with Gasteiger partial charge in [-0.2, -0.15) is 0 Å². The molecule has 0 aromatic heterocycles. The highest BCUT2D eigenvalue weighted by atomic mass is 19.1. The van der Waals surface area contributed by atoms with Crippen molar-refractivity contribution in [2.45, 2.75) is 0 Å². The monoisotopic (exact) mass is 301 g/mol. The molecule has 0 spiro atoms. The van der Waals surface area contributed by atoms with Crippen molar-refractivity contribution in [2.75, 3.05) is 0 Å². The molecule has 4 heteroatoms. The second kappa shape index (κ2) is 8.54. The highest BCUT2D eigenvalue weighted by Crippen LogP contribution is 2.28. The maximum atomic E-state index is 12.6. The standard InChI is InChI=1S/C12H9FO.C6H5F.H3N/c13-10-7-5-9(6-8-10)11-3-1-2-4-12(11)14;7-6-4-2-1-3-5-6;/h1-8,14H;1-5H;1H3. The Balaban J connectivity index is 0.000000258. The summed E-state index contributed by atoms with van der Waals surface area (Å²) in [5, 5.41) is 9.54. The predicted octanol–water partition coefficient (Wildman–Crippen LogP) is 5.19. The largest absolute Gasteiger partial charge is 0.507 e. The van der Waals surface area contributed by atoms with Crippen molar-refractivity contribution in [1.82, 2.24) is 6.15 Å². The van der Waals surface area contributed by atoms with E-state index < -0.39 is 0 Å². The van der Waals surface area contributed by atoms with E-state index in [1.54, 1.807) is 48.5 Å². The van der Waals surface area contributed by atoms with E-state index in [-0.39, 0.29) is 23.5 Å².